The molecule has 2 aromatic rings. The van der Waals surface area contributed by atoms with Gasteiger partial charge in [-0.15, -0.1) is 0 Å². The van der Waals surface area contributed by atoms with Crippen LogP contribution in [0.2, 0.25) is 0 Å². The zero-order valence-electron chi connectivity index (χ0n) is 13.8. The van der Waals surface area contributed by atoms with Gasteiger partial charge in [-0.1, -0.05) is 25.1 Å². The van der Waals surface area contributed by atoms with Gasteiger partial charge in [0.15, 0.2) is 0 Å². The standard InChI is InChI=1S/C19H20N2O3/c1-3-19(23)21-17(15-6-4-5-7-18(15)22)12-16(20-21)13-8-10-14(24-2)11-9-13/h4-11,17,22H,3,12H2,1-2H3/t17-/m0/s1. The molecule has 5 nitrogen and oxygen atoms in total. The van der Waals surface area contributed by atoms with Crippen LogP contribution in [0.4, 0.5) is 0 Å². The highest BCUT2D eigenvalue weighted by Crippen LogP contribution is 2.37. The van der Waals surface area contributed by atoms with E-state index in [-0.39, 0.29) is 17.7 Å². The molecule has 1 aliphatic rings. The predicted molar refractivity (Wildman–Crippen MR) is 92.1 cm³/mol. The van der Waals surface area contributed by atoms with E-state index in [4.69, 9.17) is 4.74 Å². The number of hydrogen-bond donors (Lipinski definition) is 1. The highest BCUT2D eigenvalue weighted by atomic mass is 16.5. The van der Waals surface area contributed by atoms with Crippen LogP contribution >= 0.6 is 0 Å². The van der Waals surface area contributed by atoms with Gasteiger partial charge in [-0.3, -0.25) is 4.79 Å². The van der Waals surface area contributed by atoms with Crippen LogP contribution in [0.25, 0.3) is 0 Å². The first kappa shape index (κ1) is 16.1. The van der Waals surface area contributed by atoms with E-state index in [0.717, 1.165) is 17.0 Å². The average molecular weight is 324 g/mol. The number of nitrogens with zero attached hydrogens (tertiary/aromatic N) is 2. The van der Waals surface area contributed by atoms with Gasteiger partial charge in [0, 0.05) is 18.4 Å². The Balaban J connectivity index is 1.95. The number of benzene rings is 2. The number of phenols is 1. The van der Waals surface area contributed by atoms with E-state index in [1.165, 1.54) is 5.01 Å². The van der Waals surface area contributed by atoms with Crippen molar-refractivity contribution in [3.05, 3.63) is 59.7 Å². The van der Waals surface area contributed by atoms with Crippen LogP contribution in [0.1, 0.15) is 36.9 Å². The second-order valence-electron chi connectivity index (χ2n) is 5.65. The number of aromatic hydroxyl groups is 1. The second-order valence-corrected chi connectivity index (χ2v) is 5.65. The van der Waals surface area contributed by atoms with Crippen molar-refractivity contribution in [3.8, 4) is 11.5 Å². The highest BCUT2D eigenvalue weighted by molar-refractivity contribution is 6.03. The normalized spacial score (nSPS) is 16.8. The van der Waals surface area contributed by atoms with Crippen molar-refractivity contribution in [2.24, 2.45) is 5.10 Å². The third kappa shape index (κ3) is 2.97. The molecule has 0 unspecified atom stereocenters. The molecule has 0 aliphatic carbocycles. The van der Waals surface area contributed by atoms with Crippen LogP contribution in [0.3, 0.4) is 0 Å². The minimum Gasteiger partial charge on any atom is -0.508 e. The van der Waals surface area contributed by atoms with Crippen LogP contribution in [-0.4, -0.2) is 28.8 Å². The molecule has 0 radical (unpaired) electrons. The van der Waals surface area contributed by atoms with Crippen molar-refractivity contribution in [1.82, 2.24) is 5.01 Å². The molecule has 24 heavy (non-hydrogen) atoms. The smallest absolute Gasteiger partial charge is 0.242 e. The van der Waals surface area contributed by atoms with E-state index in [0.29, 0.717) is 18.4 Å². The van der Waals surface area contributed by atoms with Gasteiger partial charge in [0.2, 0.25) is 5.91 Å². The van der Waals surface area contributed by atoms with Gasteiger partial charge >= 0.3 is 0 Å². The number of carbonyl (C=O) groups is 1. The lowest BCUT2D eigenvalue weighted by Gasteiger charge is -2.22. The predicted octanol–water partition coefficient (Wildman–Crippen LogP) is 3.49. The SMILES string of the molecule is CCC(=O)N1N=C(c2ccc(OC)cc2)C[C@H]1c1ccccc1O. The molecule has 1 aliphatic heterocycles. The quantitative estimate of drug-likeness (QED) is 0.936. The van der Waals surface area contributed by atoms with Crippen molar-refractivity contribution in [3.63, 3.8) is 0 Å². The van der Waals surface area contributed by atoms with E-state index in [1.807, 2.05) is 43.3 Å². The van der Waals surface area contributed by atoms with Crippen molar-refractivity contribution in [2.45, 2.75) is 25.8 Å². The number of methoxy groups -OCH3 is 1. The maximum Gasteiger partial charge on any atom is 0.242 e. The monoisotopic (exact) mass is 324 g/mol. The van der Waals surface area contributed by atoms with Gasteiger partial charge in [-0.25, -0.2) is 5.01 Å². The fraction of sp³-hybridized carbons (Fsp3) is 0.263. The number of amides is 1. The van der Waals surface area contributed by atoms with Crippen molar-refractivity contribution < 1.29 is 14.6 Å². The fourth-order valence-electron chi connectivity index (χ4n) is 2.87. The number of hydrogen-bond acceptors (Lipinski definition) is 4. The Kier molecular flexibility index (Phi) is 4.51. The van der Waals surface area contributed by atoms with Crippen molar-refractivity contribution in [1.29, 1.82) is 0 Å². The first-order chi connectivity index (χ1) is 11.6. The molecule has 1 N–H and O–H groups in total. The third-order valence-corrected chi connectivity index (χ3v) is 4.19. The first-order valence-electron chi connectivity index (χ1n) is 7.96. The Morgan fingerprint density at radius 2 is 1.96 bits per heavy atom. The first-order valence-corrected chi connectivity index (χ1v) is 7.96. The zero-order chi connectivity index (χ0) is 17.1. The molecule has 2 aromatic carbocycles. The van der Waals surface area contributed by atoms with Crippen LogP contribution < -0.4 is 4.74 Å². The van der Waals surface area contributed by atoms with E-state index in [9.17, 15) is 9.90 Å². The highest BCUT2D eigenvalue weighted by Gasteiger charge is 2.33. The molecule has 1 amide bonds. The maximum atomic E-state index is 12.3. The molecule has 0 spiro atoms. The fourth-order valence-corrected chi connectivity index (χ4v) is 2.87. The molecule has 0 aromatic heterocycles. The minimum absolute atomic E-state index is 0.0632. The summed E-state index contributed by atoms with van der Waals surface area (Å²) in [6.07, 6.45) is 0.930. The van der Waals surface area contributed by atoms with Crippen LogP contribution in [-0.2, 0) is 4.79 Å². The van der Waals surface area contributed by atoms with E-state index in [1.54, 1.807) is 19.2 Å². The zero-order valence-corrected chi connectivity index (χ0v) is 13.8. The molecule has 5 heteroatoms. The van der Waals surface area contributed by atoms with E-state index in [2.05, 4.69) is 5.10 Å². The van der Waals surface area contributed by atoms with Gasteiger partial charge in [-0.2, -0.15) is 5.10 Å². The topological polar surface area (TPSA) is 62.1 Å². The number of rotatable bonds is 4. The lowest BCUT2D eigenvalue weighted by molar-refractivity contribution is -0.132. The van der Waals surface area contributed by atoms with E-state index < -0.39 is 0 Å². The van der Waals surface area contributed by atoms with Gasteiger partial charge in [0.05, 0.1) is 18.9 Å². The van der Waals surface area contributed by atoms with E-state index >= 15 is 0 Å². The molecule has 0 saturated carbocycles. The Morgan fingerprint density at radius 3 is 2.58 bits per heavy atom. The average Bonchev–Trinajstić information content (AvgIpc) is 3.06. The molecular weight excluding hydrogens is 304 g/mol. The summed E-state index contributed by atoms with van der Waals surface area (Å²) in [7, 11) is 1.62. The number of carbonyl (C=O) groups excluding carboxylic acids is 1. The number of ether oxygens (including phenoxy) is 1. The van der Waals surface area contributed by atoms with Gasteiger partial charge in [0.1, 0.15) is 11.5 Å². The van der Waals surface area contributed by atoms with Crippen LogP contribution in [0.15, 0.2) is 53.6 Å². The summed E-state index contributed by atoms with van der Waals surface area (Å²) >= 11 is 0. The van der Waals surface area contributed by atoms with Gasteiger partial charge in [0.25, 0.3) is 0 Å². The molecular formula is C19H20N2O3. The second kappa shape index (κ2) is 6.74. The minimum atomic E-state index is -0.282. The summed E-state index contributed by atoms with van der Waals surface area (Å²) in [5.41, 5.74) is 2.49. The summed E-state index contributed by atoms with van der Waals surface area (Å²) in [5, 5.41) is 16.2. The molecule has 124 valence electrons. The van der Waals surface area contributed by atoms with Gasteiger partial charge in [-0.05, 0) is 35.9 Å². The summed E-state index contributed by atoms with van der Waals surface area (Å²) < 4.78 is 5.18. The van der Waals surface area contributed by atoms with Crippen LogP contribution in [0.5, 0.6) is 11.5 Å². The molecule has 0 fully saturated rings. The van der Waals surface area contributed by atoms with Gasteiger partial charge < -0.3 is 9.84 Å². The Hall–Kier alpha value is -2.82. The Bertz CT molecular complexity index is 768. The summed E-state index contributed by atoms with van der Waals surface area (Å²) in [5.74, 6) is 0.894. The number of hydrazone groups is 1. The Labute approximate surface area is 141 Å². The number of para-hydroxylation sites is 1. The number of phenolic OH excluding ortho intramolecular Hbond substituents is 1. The summed E-state index contributed by atoms with van der Waals surface area (Å²) in [6.45, 7) is 1.81. The summed E-state index contributed by atoms with van der Waals surface area (Å²) in [4.78, 5) is 12.3. The Morgan fingerprint density at radius 1 is 1.25 bits per heavy atom. The van der Waals surface area contributed by atoms with Crippen molar-refractivity contribution in [2.75, 3.05) is 7.11 Å². The molecule has 0 saturated heterocycles. The lowest BCUT2D eigenvalue weighted by Crippen LogP contribution is -2.26. The summed E-state index contributed by atoms with van der Waals surface area (Å²) in [6, 6.07) is 14.4. The largest absolute Gasteiger partial charge is 0.508 e. The maximum absolute atomic E-state index is 12.3. The lowest BCUT2D eigenvalue weighted by atomic mass is 9.97. The molecule has 1 atom stereocenters. The van der Waals surface area contributed by atoms with Crippen LogP contribution in [0, 0.1) is 0 Å². The molecule has 3 rings (SSSR count). The molecule has 0 bridgehead atoms. The van der Waals surface area contributed by atoms with Crippen molar-refractivity contribution >= 4 is 11.6 Å². The third-order valence-electron chi connectivity index (χ3n) is 4.19. The molecule has 1 heterocycles.